The van der Waals surface area contributed by atoms with Crippen LogP contribution in [-0.2, 0) is 0 Å². The number of nitrogens with two attached hydrogens (primary N) is 1. The van der Waals surface area contributed by atoms with Gasteiger partial charge in [0.15, 0.2) is 0 Å². The highest BCUT2D eigenvalue weighted by atomic mass is 16.1. The van der Waals surface area contributed by atoms with Gasteiger partial charge in [0.2, 0.25) is 0 Å². The Morgan fingerprint density at radius 1 is 1.57 bits per heavy atom. The van der Waals surface area contributed by atoms with Crippen molar-refractivity contribution < 1.29 is 4.79 Å². The molecule has 1 heterocycles. The minimum absolute atomic E-state index is 0.116. The number of nitrogens with zero attached hydrogens (tertiary/aromatic N) is 2. The summed E-state index contributed by atoms with van der Waals surface area (Å²) in [5.41, 5.74) is 6.05. The molecule has 1 aliphatic rings. The highest BCUT2D eigenvalue weighted by molar-refractivity contribution is 5.94. The molecule has 0 aromatic carbocycles. The van der Waals surface area contributed by atoms with E-state index in [1.165, 1.54) is 12.4 Å². The van der Waals surface area contributed by atoms with Crippen molar-refractivity contribution in [1.29, 1.82) is 0 Å². The van der Waals surface area contributed by atoms with Gasteiger partial charge in [-0.3, -0.25) is 4.79 Å². The minimum Gasteiger partial charge on any atom is -0.348 e. The largest absolute Gasteiger partial charge is 0.348 e. The molecule has 2 atom stereocenters. The standard InChI is InChI=1S/C9H12N4O/c1-5-11-3-6(4-12-5)9(14)13-8-2-7(8)10/h3-4,7-8H,2,10H2,1H3,(H,13,14). The Morgan fingerprint density at radius 2 is 2.14 bits per heavy atom. The molecule has 1 amide bonds. The molecule has 0 radical (unpaired) electrons. The molecule has 2 unspecified atom stereocenters. The highest BCUT2D eigenvalue weighted by Crippen LogP contribution is 2.18. The van der Waals surface area contributed by atoms with E-state index >= 15 is 0 Å². The fourth-order valence-electron chi connectivity index (χ4n) is 1.14. The predicted molar refractivity (Wildman–Crippen MR) is 50.6 cm³/mol. The first-order valence-corrected chi connectivity index (χ1v) is 4.52. The Bertz CT molecular complexity index is 348. The molecule has 5 heteroatoms. The first kappa shape index (κ1) is 9.08. The minimum atomic E-state index is -0.150. The fourth-order valence-corrected chi connectivity index (χ4v) is 1.14. The first-order chi connectivity index (χ1) is 6.66. The third-order valence-electron chi connectivity index (χ3n) is 2.20. The number of aromatic nitrogens is 2. The SMILES string of the molecule is Cc1ncc(C(=O)NC2CC2N)cn1. The summed E-state index contributed by atoms with van der Waals surface area (Å²) in [5, 5.41) is 2.80. The van der Waals surface area contributed by atoms with E-state index in [1.807, 2.05) is 0 Å². The molecule has 0 aliphatic heterocycles. The van der Waals surface area contributed by atoms with Gasteiger partial charge in [0.25, 0.3) is 5.91 Å². The van der Waals surface area contributed by atoms with E-state index < -0.39 is 0 Å². The van der Waals surface area contributed by atoms with E-state index in [-0.39, 0.29) is 18.0 Å². The topological polar surface area (TPSA) is 80.9 Å². The number of rotatable bonds is 2. The highest BCUT2D eigenvalue weighted by Gasteiger charge is 2.34. The second-order valence-corrected chi connectivity index (χ2v) is 3.50. The van der Waals surface area contributed by atoms with Crippen LogP contribution in [0.3, 0.4) is 0 Å². The van der Waals surface area contributed by atoms with Gasteiger partial charge in [-0.1, -0.05) is 0 Å². The summed E-state index contributed by atoms with van der Waals surface area (Å²) in [6.45, 7) is 1.78. The molecule has 1 aromatic rings. The summed E-state index contributed by atoms with van der Waals surface area (Å²) in [4.78, 5) is 19.4. The van der Waals surface area contributed by atoms with Crippen LogP contribution in [0.2, 0.25) is 0 Å². The van der Waals surface area contributed by atoms with Crippen LogP contribution in [0, 0.1) is 6.92 Å². The Labute approximate surface area is 81.7 Å². The lowest BCUT2D eigenvalue weighted by Crippen LogP contribution is -2.29. The van der Waals surface area contributed by atoms with Crippen LogP contribution in [0.15, 0.2) is 12.4 Å². The van der Waals surface area contributed by atoms with Gasteiger partial charge < -0.3 is 11.1 Å². The Balaban J connectivity index is 2.00. The van der Waals surface area contributed by atoms with Gasteiger partial charge in [0.1, 0.15) is 5.82 Å². The van der Waals surface area contributed by atoms with Gasteiger partial charge in [-0.15, -0.1) is 0 Å². The van der Waals surface area contributed by atoms with E-state index in [0.29, 0.717) is 11.4 Å². The van der Waals surface area contributed by atoms with Crippen LogP contribution in [0.1, 0.15) is 22.6 Å². The molecule has 2 rings (SSSR count). The normalized spacial score (nSPS) is 24.4. The van der Waals surface area contributed by atoms with E-state index in [0.717, 1.165) is 6.42 Å². The Kier molecular flexibility index (Phi) is 2.17. The second-order valence-electron chi connectivity index (χ2n) is 3.50. The molecule has 1 fully saturated rings. The monoisotopic (exact) mass is 192 g/mol. The lowest BCUT2D eigenvalue weighted by atomic mass is 10.3. The summed E-state index contributed by atoms with van der Waals surface area (Å²) >= 11 is 0. The van der Waals surface area contributed by atoms with Gasteiger partial charge in [-0.05, 0) is 13.3 Å². The lowest BCUT2D eigenvalue weighted by Gasteiger charge is -2.02. The average molecular weight is 192 g/mol. The van der Waals surface area contributed by atoms with E-state index in [4.69, 9.17) is 5.73 Å². The number of aryl methyl sites for hydroxylation is 1. The number of carbonyl (C=O) groups is 1. The van der Waals surface area contributed by atoms with Crippen LogP contribution in [0.25, 0.3) is 0 Å². The third-order valence-corrected chi connectivity index (χ3v) is 2.20. The van der Waals surface area contributed by atoms with Crippen molar-refractivity contribution in [2.24, 2.45) is 5.73 Å². The molecular weight excluding hydrogens is 180 g/mol. The zero-order valence-electron chi connectivity index (χ0n) is 7.90. The van der Waals surface area contributed by atoms with Crippen molar-refractivity contribution in [2.45, 2.75) is 25.4 Å². The molecule has 3 N–H and O–H groups in total. The molecule has 0 saturated heterocycles. The maximum absolute atomic E-state index is 11.5. The average Bonchev–Trinajstić information content (AvgIpc) is 2.82. The fraction of sp³-hybridized carbons (Fsp3) is 0.444. The third kappa shape index (κ3) is 1.88. The van der Waals surface area contributed by atoms with Crippen molar-refractivity contribution in [3.8, 4) is 0 Å². The molecule has 5 nitrogen and oxygen atoms in total. The lowest BCUT2D eigenvalue weighted by molar-refractivity contribution is 0.0949. The van der Waals surface area contributed by atoms with Gasteiger partial charge >= 0.3 is 0 Å². The molecule has 1 aromatic heterocycles. The number of nitrogens with one attached hydrogen (secondary N) is 1. The van der Waals surface area contributed by atoms with Crippen LogP contribution < -0.4 is 11.1 Å². The summed E-state index contributed by atoms with van der Waals surface area (Å²) in [7, 11) is 0. The quantitative estimate of drug-likeness (QED) is 0.669. The molecular formula is C9H12N4O. The zero-order chi connectivity index (χ0) is 10.1. The zero-order valence-corrected chi connectivity index (χ0v) is 7.90. The number of amides is 1. The van der Waals surface area contributed by atoms with Gasteiger partial charge in [0.05, 0.1) is 5.56 Å². The van der Waals surface area contributed by atoms with Gasteiger partial charge in [-0.25, -0.2) is 9.97 Å². The second kappa shape index (κ2) is 3.34. The predicted octanol–water partition coefficient (Wildman–Crippen LogP) is -0.386. The van der Waals surface area contributed by atoms with E-state index in [2.05, 4.69) is 15.3 Å². The summed E-state index contributed by atoms with van der Waals surface area (Å²) in [6.07, 6.45) is 3.90. The maximum Gasteiger partial charge on any atom is 0.254 e. The Morgan fingerprint density at radius 3 is 2.64 bits per heavy atom. The van der Waals surface area contributed by atoms with Crippen LogP contribution in [-0.4, -0.2) is 28.0 Å². The van der Waals surface area contributed by atoms with Crippen molar-refractivity contribution >= 4 is 5.91 Å². The number of hydrogen-bond donors (Lipinski definition) is 2. The van der Waals surface area contributed by atoms with Crippen molar-refractivity contribution in [1.82, 2.24) is 15.3 Å². The number of hydrogen-bond acceptors (Lipinski definition) is 4. The van der Waals surface area contributed by atoms with Crippen molar-refractivity contribution in [2.75, 3.05) is 0 Å². The molecule has 14 heavy (non-hydrogen) atoms. The molecule has 0 bridgehead atoms. The van der Waals surface area contributed by atoms with E-state index in [9.17, 15) is 4.79 Å². The van der Waals surface area contributed by atoms with Crippen LogP contribution in [0.5, 0.6) is 0 Å². The maximum atomic E-state index is 11.5. The van der Waals surface area contributed by atoms with Crippen LogP contribution in [0.4, 0.5) is 0 Å². The Hall–Kier alpha value is -1.49. The van der Waals surface area contributed by atoms with E-state index in [1.54, 1.807) is 6.92 Å². The van der Waals surface area contributed by atoms with Crippen LogP contribution >= 0.6 is 0 Å². The molecule has 1 saturated carbocycles. The molecule has 74 valence electrons. The van der Waals surface area contributed by atoms with Crippen molar-refractivity contribution in [3.63, 3.8) is 0 Å². The van der Waals surface area contributed by atoms with Crippen molar-refractivity contribution in [3.05, 3.63) is 23.8 Å². The summed E-state index contributed by atoms with van der Waals surface area (Å²) in [6, 6.07) is 0.245. The smallest absolute Gasteiger partial charge is 0.254 e. The molecule has 0 spiro atoms. The van der Waals surface area contributed by atoms with Gasteiger partial charge in [-0.2, -0.15) is 0 Å². The summed E-state index contributed by atoms with van der Waals surface area (Å²) in [5.74, 6) is 0.507. The summed E-state index contributed by atoms with van der Waals surface area (Å²) < 4.78 is 0. The first-order valence-electron chi connectivity index (χ1n) is 4.52. The number of carbonyl (C=O) groups excluding carboxylic acids is 1. The van der Waals surface area contributed by atoms with Gasteiger partial charge in [0, 0.05) is 24.5 Å². The molecule has 1 aliphatic carbocycles.